The van der Waals surface area contributed by atoms with E-state index < -0.39 is 5.82 Å². The molecule has 0 spiro atoms. The molecule has 128 valence electrons. The summed E-state index contributed by atoms with van der Waals surface area (Å²) in [5.41, 5.74) is 0.995. The number of hydrogen-bond donors (Lipinski definition) is 1. The second-order valence-electron chi connectivity index (χ2n) is 5.05. The van der Waals surface area contributed by atoms with Crippen LogP contribution in [0, 0.1) is 5.82 Å². The Morgan fingerprint density at radius 3 is 2.88 bits per heavy atom. The van der Waals surface area contributed by atoms with Crippen molar-refractivity contribution in [3.63, 3.8) is 0 Å². The molecule has 9 heteroatoms. The van der Waals surface area contributed by atoms with Crippen LogP contribution < -0.4 is 10.1 Å². The standard InChI is InChI=1S/C16H13ClFN5O2/c1-25-14-6-5-12(8-13(14)17)19-15(24)9-23-21-16(20-22-23)10-3-2-4-11(18)7-10/h2-8H,9H2,1H3,(H,19,24). The van der Waals surface area contributed by atoms with Crippen molar-refractivity contribution in [1.82, 2.24) is 20.2 Å². The van der Waals surface area contributed by atoms with Crippen LogP contribution in [0.15, 0.2) is 42.5 Å². The third kappa shape index (κ3) is 4.10. The molecule has 0 aliphatic carbocycles. The summed E-state index contributed by atoms with van der Waals surface area (Å²) in [5, 5.41) is 14.7. The SMILES string of the molecule is COc1ccc(NC(=O)Cn2nnc(-c3cccc(F)c3)n2)cc1Cl. The fourth-order valence-corrected chi connectivity index (χ4v) is 2.38. The van der Waals surface area contributed by atoms with Gasteiger partial charge in [-0.2, -0.15) is 4.80 Å². The Bertz CT molecular complexity index is 915. The number of rotatable bonds is 5. The van der Waals surface area contributed by atoms with Gasteiger partial charge in [0.05, 0.1) is 12.1 Å². The number of benzene rings is 2. The Kier molecular flexibility index (Phi) is 4.90. The lowest BCUT2D eigenvalue weighted by Gasteiger charge is -2.07. The Morgan fingerprint density at radius 2 is 2.16 bits per heavy atom. The van der Waals surface area contributed by atoms with Crippen LogP contribution >= 0.6 is 11.6 Å². The van der Waals surface area contributed by atoms with E-state index in [2.05, 4.69) is 20.7 Å². The van der Waals surface area contributed by atoms with E-state index in [1.54, 1.807) is 30.3 Å². The number of carbonyl (C=O) groups is 1. The second-order valence-corrected chi connectivity index (χ2v) is 5.46. The smallest absolute Gasteiger partial charge is 0.248 e. The van der Waals surface area contributed by atoms with E-state index in [0.717, 1.165) is 4.80 Å². The van der Waals surface area contributed by atoms with Gasteiger partial charge in [-0.1, -0.05) is 23.7 Å². The largest absolute Gasteiger partial charge is 0.495 e. The number of carbonyl (C=O) groups excluding carboxylic acids is 1. The molecule has 1 N–H and O–H groups in total. The minimum absolute atomic E-state index is 0.147. The molecule has 1 amide bonds. The van der Waals surface area contributed by atoms with Gasteiger partial charge in [0, 0.05) is 11.3 Å². The minimum Gasteiger partial charge on any atom is -0.495 e. The highest BCUT2D eigenvalue weighted by Crippen LogP contribution is 2.27. The molecule has 0 saturated carbocycles. The normalized spacial score (nSPS) is 10.5. The average molecular weight is 362 g/mol. The molecule has 1 aromatic heterocycles. The first-order chi connectivity index (χ1) is 12.0. The summed E-state index contributed by atoms with van der Waals surface area (Å²) >= 11 is 6.01. The van der Waals surface area contributed by atoms with Gasteiger partial charge in [-0.3, -0.25) is 4.79 Å². The van der Waals surface area contributed by atoms with E-state index in [1.165, 1.54) is 19.2 Å². The number of nitrogens with one attached hydrogen (secondary N) is 1. The fraction of sp³-hybridized carbons (Fsp3) is 0.125. The lowest BCUT2D eigenvalue weighted by molar-refractivity contribution is -0.117. The Hall–Kier alpha value is -3.00. The number of nitrogens with zero attached hydrogens (tertiary/aromatic N) is 4. The molecule has 0 atom stereocenters. The van der Waals surface area contributed by atoms with E-state index in [4.69, 9.17) is 16.3 Å². The molecule has 3 rings (SSSR count). The molecule has 0 aliphatic heterocycles. The molecular weight excluding hydrogens is 349 g/mol. The summed E-state index contributed by atoms with van der Waals surface area (Å²) in [5.74, 6) is -0.00969. The molecule has 0 unspecified atom stereocenters. The summed E-state index contributed by atoms with van der Waals surface area (Å²) in [7, 11) is 1.51. The molecule has 0 fully saturated rings. The lowest BCUT2D eigenvalue weighted by Crippen LogP contribution is -2.20. The third-order valence-corrected chi connectivity index (χ3v) is 3.55. The zero-order chi connectivity index (χ0) is 17.8. The summed E-state index contributed by atoms with van der Waals surface area (Å²) < 4.78 is 18.3. The van der Waals surface area contributed by atoms with Crippen LogP contribution in [0.1, 0.15) is 0 Å². The minimum atomic E-state index is -0.400. The molecule has 0 aliphatic rings. The molecular formula is C16H13ClFN5O2. The first-order valence-electron chi connectivity index (χ1n) is 7.22. The first-order valence-corrected chi connectivity index (χ1v) is 7.60. The van der Waals surface area contributed by atoms with Crippen LogP contribution in [0.2, 0.25) is 5.02 Å². The topological polar surface area (TPSA) is 81.9 Å². The predicted molar refractivity (Wildman–Crippen MR) is 89.8 cm³/mol. The number of halogens is 2. The maximum atomic E-state index is 13.2. The van der Waals surface area contributed by atoms with Crippen molar-refractivity contribution in [3.8, 4) is 17.1 Å². The summed E-state index contributed by atoms with van der Waals surface area (Å²) in [6, 6.07) is 10.7. The van der Waals surface area contributed by atoms with E-state index in [-0.39, 0.29) is 18.3 Å². The van der Waals surface area contributed by atoms with Gasteiger partial charge in [-0.25, -0.2) is 4.39 Å². The maximum Gasteiger partial charge on any atom is 0.248 e. The van der Waals surface area contributed by atoms with E-state index >= 15 is 0 Å². The molecule has 2 aromatic carbocycles. The van der Waals surface area contributed by atoms with Crippen molar-refractivity contribution < 1.29 is 13.9 Å². The molecule has 1 heterocycles. The highest BCUT2D eigenvalue weighted by molar-refractivity contribution is 6.32. The van der Waals surface area contributed by atoms with Crippen molar-refractivity contribution in [2.24, 2.45) is 0 Å². The van der Waals surface area contributed by atoms with Crippen molar-refractivity contribution in [3.05, 3.63) is 53.3 Å². The molecule has 0 radical (unpaired) electrons. The highest BCUT2D eigenvalue weighted by atomic mass is 35.5. The maximum absolute atomic E-state index is 13.2. The zero-order valence-corrected chi connectivity index (χ0v) is 13.9. The molecule has 25 heavy (non-hydrogen) atoms. The van der Waals surface area contributed by atoms with Gasteiger partial charge in [-0.15, -0.1) is 10.2 Å². The van der Waals surface area contributed by atoms with Crippen molar-refractivity contribution in [1.29, 1.82) is 0 Å². The molecule has 7 nitrogen and oxygen atoms in total. The quantitative estimate of drug-likeness (QED) is 0.755. The number of tetrazole rings is 1. The zero-order valence-electron chi connectivity index (χ0n) is 13.1. The fourth-order valence-electron chi connectivity index (χ4n) is 2.13. The van der Waals surface area contributed by atoms with Crippen molar-refractivity contribution in [2.75, 3.05) is 12.4 Å². The van der Waals surface area contributed by atoms with Crippen LogP contribution in [-0.4, -0.2) is 33.2 Å². The average Bonchev–Trinajstić information content (AvgIpc) is 3.03. The van der Waals surface area contributed by atoms with Crippen molar-refractivity contribution in [2.45, 2.75) is 6.54 Å². The van der Waals surface area contributed by atoms with Crippen LogP contribution in [0.4, 0.5) is 10.1 Å². The van der Waals surface area contributed by atoms with Crippen LogP contribution in [0.5, 0.6) is 5.75 Å². The molecule has 0 saturated heterocycles. The number of anilines is 1. The number of aromatic nitrogens is 4. The number of ether oxygens (including phenoxy) is 1. The summed E-state index contributed by atoms with van der Waals surface area (Å²) in [6.07, 6.45) is 0. The number of hydrogen-bond acceptors (Lipinski definition) is 5. The Labute approximate surface area is 147 Å². The summed E-state index contributed by atoms with van der Waals surface area (Å²) in [6.45, 7) is -0.147. The first kappa shape index (κ1) is 16.8. The Morgan fingerprint density at radius 1 is 1.32 bits per heavy atom. The van der Waals surface area contributed by atoms with Crippen LogP contribution in [0.3, 0.4) is 0 Å². The van der Waals surface area contributed by atoms with Crippen molar-refractivity contribution >= 4 is 23.2 Å². The number of methoxy groups -OCH3 is 1. The van der Waals surface area contributed by atoms with Gasteiger partial charge < -0.3 is 10.1 Å². The third-order valence-electron chi connectivity index (χ3n) is 3.26. The molecule has 0 bridgehead atoms. The van der Waals surface area contributed by atoms with Gasteiger partial charge >= 0.3 is 0 Å². The lowest BCUT2D eigenvalue weighted by atomic mass is 10.2. The molecule has 3 aromatic rings. The van der Waals surface area contributed by atoms with E-state index in [9.17, 15) is 9.18 Å². The second kappa shape index (κ2) is 7.27. The predicted octanol–water partition coefficient (Wildman–Crippen LogP) is 2.78. The van der Waals surface area contributed by atoms with Gasteiger partial charge in [0.25, 0.3) is 0 Å². The van der Waals surface area contributed by atoms with Gasteiger partial charge in [0.1, 0.15) is 18.1 Å². The summed E-state index contributed by atoms with van der Waals surface area (Å²) in [4.78, 5) is 13.2. The number of amides is 1. The van der Waals surface area contributed by atoms with Gasteiger partial charge in [-0.05, 0) is 35.5 Å². The van der Waals surface area contributed by atoms with Crippen LogP contribution in [0.25, 0.3) is 11.4 Å². The van der Waals surface area contributed by atoms with Gasteiger partial charge in [0.2, 0.25) is 11.7 Å². The van der Waals surface area contributed by atoms with E-state index in [1.807, 2.05) is 0 Å². The highest BCUT2D eigenvalue weighted by Gasteiger charge is 2.11. The monoisotopic (exact) mass is 361 g/mol. The Balaban J connectivity index is 1.66. The van der Waals surface area contributed by atoms with Gasteiger partial charge in [0.15, 0.2) is 0 Å². The van der Waals surface area contributed by atoms with E-state index in [0.29, 0.717) is 22.0 Å². The van der Waals surface area contributed by atoms with Crippen LogP contribution in [-0.2, 0) is 11.3 Å².